The standard InChI is InChI=1S/C11H12Br2N2OS/c1-2-5-15-10(7(12)6-14-15)11(16)8-3-4-9(13)17-8/h3-4,6,11,16H,2,5H2,1H3. The number of hydrogen-bond donors (Lipinski definition) is 1. The molecule has 0 saturated heterocycles. The fourth-order valence-electron chi connectivity index (χ4n) is 1.64. The molecule has 0 aliphatic rings. The first-order valence-corrected chi connectivity index (χ1v) is 7.68. The molecule has 0 bridgehead atoms. The van der Waals surface area contributed by atoms with E-state index in [4.69, 9.17) is 0 Å². The topological polar surface area (TPSA) is 38.0 Å². The van der Waals surface area contributed by atoms with Gasteiger partial charge in [0.1, 0.15) is 6.10 Å². The Bertz CT molecular complexity index is 509. The second-order valence-corrected chi connectivity index (χ2v) is 6.99. The van der Waals surface area contributed by atoms with Crippen molar-refractivity contribution < 1.29 is 5.11 Å². The van der Waals surface area contributed by atoms with Crippen LogP contribution in [-0.2, 0) is 6.54 Å². The van der Waals surface area contributed by atoms with E-state index in [0.29, 0.717) is 0 Å². The van der Waals surface area contributed by atoms with Crippen LogP contribution in [-0.4, -0.2) is 14.9 Å². The van der Waals surface area contributed by atoms with Crippen molar-refractivity contribution in [2.24, 2.45) is 0 Å². The van der Waals surface area contributed by atoms with Crippen molar-refractivity contribution in [1.29, 1.82) is 0 Å². The van der Waals surface area contributed by atoms with Crippen LogP contribution in [0, 0.1) is 0 Å². The third-order valence-corrected chi connectivity index (χ3v) is 4.68. The van der Waals surface area contributed by atoms with Crippen LogP contribution < -0.4 is 0 Å². The normalized spacial score (nSPS) is 12.9. The van der Waals surface area contributed by atoms with Crippen LogP contribution >= 0.6 is 43.2 Å². The van der Waals surface area contributed by atoms with Gasteiger partial charge in [0, 0.05) is 11.4 Å². The minimum absolute atomic E-state index is 0.630. The Labute approximate surface area is 121 Å². The van der Waals surface area contributed by atoms with E-state index in [0.717, 1.165) is 31.8 Å². The molecular formula is C11H12Br2N2OS. The maximum atomic E-state index is 10.4. The van der Waals surface area contributed by atoms with Gasteiger partial charge in [0.15, 0.2) is 0 Å². The number of rotatable bonds is 4. The van der Waals surface area contributed by atoms with E-state index in [1.165, 1.54) is 11.3 Å². The van der Waals surface area contributed by atoms with Crippen molar-refractivity contribution in [3.05, 3.63) is 37.2 Å². The molecule has 92 valence electrons. The van der Waals surface area contributed by atoms with Gasteiger partial charge >= 0.3 is 0 Å². The lowest BCUT2D eigenvalue weighted by Gasteiger charge is -2.12. The lowest BCUT2D eigenvalue weighted by molar-refractivity contribution is 0.210. The van der Waals surface area contributed by atoms with Crippen LogP contribution in [0.2, 0.25) is 0 Å². The van der Waals surface area contributed by atoms with Gasteiger partial charge in [-0.3, -0.25) is 4.68 Å². The molecular weight excluding hydrogens is 368 g/mol. The molecule has 0 aliphatic heterocycles. The van der Waals surface area contributed by atoms with Crippen molar-refractivity contribution in [3.63, 3.8) is 0 Å². The average molecular weight is 380 g/mol. The van der Waals surface area contributed by atoms with Crippen LogP contribution in [0.15, 0.2) is 26.6 Å². The number of aryl methyl sites for hydroxylation is 1. The highest BCUT2D eigenvalue weighted by atomic mass is 79.9. The summed E-state index contributed by atoms with van der Waals surface area (Å²) in [4.78, 5) is 0.912. The van der Waals surface area contributed by atoms with E-state index in [-0.39, 0.29) is 0 Å². The van der Waals surface area contributed by atoms with E-state index in [1.807, 2.05) is 16.8 Å². The number of hydrogen-bond acceptors (Lipinski definition) is 3. The highest BCUT2D eigenvalue weighted by molar-refractivity contribution is 9.11. The fraction of sp³-hybridized carbons (Fsp3) is 0.364. The zero-order valence-electron chi connectivity index (χ0n) is 9.23. The first-order chi connectivity index (χ1) is 8.13. The van der Waals surface area contributed by atoms with E-state index in [1.54, 1.807) is 6.20 Å². The van der Waals surface area contributed by atoms with Gasteiger partial charge in [-0.2, -0.15) is 5.10 Å². The molecule has 1 atom stereocenters. The van der Waals surface area contributed by atoms with E-state index in [9.17, 15) is 5.11 Å². The zero-order chi connectivity index (χ0) is 12.4. The predicted molar refractivity (Wildman–Crippen MR) is 76.3 cm³/mol. The maximum absolute atomic E-state index is 10.4. The molecule has 0 aromatic carbocycles. The third kappa shape index (κ3) is 2.81. The molecule has 0 aliphatic carbocycles. The third-order valence-electron chi connectivity index (χ3n) is 2.39. The van der Waals surface area contributed by atoms with E-state index < -0.39 is 6.10 Å². The molecule has 1 unspecified atom stereocenters. The first kappa shape index (κ1) is 13.3. The molecule has 0 amide bonds. The molecule has 2 aromatic heterocycles. The smallest absolute Gasteiger partial charge is 0.131 e. The summed E-state index contributed by atoms with van der Waals surface area (Å²) in [5, 5.41) is 14.6. The van der Waals surface area contributed by atoms with Gasteiger partial charge in [0.25, 0.3) is 0 Å². The molecule has 2 rings (SSSR count). The number of aliphatic hydroxyl groups is 1. The minimum atomic E-state index is -0.630. The predicted octanol–water partition coefficient (Wildman–Crippen LogP) is 3.96. The van der Waals surface area contributed by atoms with Crippen LogP contribution in [0.3, 0.4) is 0 Å². The number of thiophene rings is 1. The van der Waals surface area contributed by atoms with Gasteiger partial charge in [-0.05, 0) is 50.4 Å². The summed E-state index contributed by atoms with van der Waals surface area (Å²) < 4.78 is 3.72. The first-order valence-electron chi connectivity index (χ1n) is 5.28. The second kappa shape index (κ2) is 5.65. The highest BCUT2D eigenvalue weighted by Gasteiger charge is 2.20. The molecule has 0 fully saturated rings. The van der Waals surface area contributed by atoms with Gasteiger partial charge in [-0.25, -0.2) is 0 Å². The van der Waals surface area contributed by atoms with Crippen molar-refractivity contribution in [2.45, 2.75) is 26.0 Å². The van der Waals surface area contributed by atoms with Crippen LogP contribution in [0.5, 0.6) is 0 Å². The van der Waals surface area contributed by atoms with Gasteiger partial charge in [0.05, 0.1) is 20.1 Å². The lowest BCUT2D eigenvalue weighted by Crippen LogP contribution is -2.09. The summed E-state index contributed by atoms with van der Waals surface area (Å²) in [7, 11) is 0. The summed E-state index contributed by atoms with van der Waals surface area (Å²) in [5.74, 6) is 0. The zero-order valence-corrected chi connectivity index (χ0v) is 13.2. The van der Waals surface area contributed by atoms with Gasteiger partial charge in [-0.15, -0.1) is 11.3 Å². The van der Waals surface area contributed by atoms with Crippen molar-refractivity contribution >= 4 is 43.2 Å². The molecule has 0 radical (unpaired) electrons. The maximum Gasteiger partial charge on any atom is 0.131 e. The van der Waals surface area contributed by atoms with Gasteiger partial charge in [-0.1, -0.05) is 6.92 Å². The average Bonchev–Trinajstić information content (AvgIpc) is 2.86. The summed E-state index contributed by atoms with van der Waals surface area (Å²) in [6.07, 6.45) is 2.09. The van der Waals surface area contributed by atoms with E-state index >= 15 is 0 Å². The molecule has 2 aromatic rings. The lowest BCUT2D eigenvalue weighted by atomic mass is 10.2. The number of aliphatic hydroxyl groups excluding tert-OH is 1. The summed E-state index contributed by atoms with van der Waals surface area (Å²) in [6, 6.07) is 3.87. The Balaban J connectivity index is 2.35. The largest absolute Gasteiger partial charge is 0.381 e. The molecule has 0 saturated carbocycles. The molecule has 2 heterocycles. The number of halogens is 2. The highest BCUT2D eigenvalue weighted by Crippen LogP contribution is 2.34. The monoisotopic (exact) mass is 378 g/mol. The Morgan fingerprint density at radius 3 is 2.82 bits per heavy atom. The summed E-state index contributed by atoms with van der Waals surface area (Å²) in [6.45, 7) is 2.90. The minimum Gasteiger partial charge on any atom is -0.381 e. The second-order valence-electron chi connectivity index (χ2n) is 3.65. The number of aromatic nitrogens is 2. The van der Waals surface area contributed by atoms with Crippen LogP contribution in [0.4, 0.5) is 0 Å². The Hall–Kier alpha value is -0.170. The van der Waals surface area contributed by atoms with Crippen LogP contribution in [0.25, 0.3) is 0 Å². The van der Waals surface area contributed by atoms with Crippen molar-refractivity contribution in [2.75, 3.05) is 0 Å². The van der Waals surface area contributed by atoms with Crippen LogP contribution in [0.1, 0.15) is 30.0 Å². The van der Waals surface area contributed by atoms with Crippen molar-refractivity contribution in [1.82, 2.24) is 9.78 Å². The van der Waals surface area contributed by atoms with Gasteiger partial charge in [0.2, 0.25) is 0 Å². The van der Waals surface area contributed by atoms with E-state index in [2.05, 4.69) is 43.9 Å². The Kier molecular flexibility index (Phi) is 4.41. The quantitative estimate of drug-likeness (QED) is 0.872. The Morgan fingerprint density at radius 2 is 2.24 bits per heavy atom. The summed E-state index contributed by atoms with van der Waals surface area (Å²) in [5.41, 5.74) is 0.821. The fourth-order valence-corrected chi connectivity index (χ4v) is 3.57. The summed E-state index contributed by atoms with van der Waals surface area (Å²) >= 11 is 8.38. The number of nitrogens with zero attached hydrogens (tertiary/aromatic N) is 2. The molecule has 1 N–H and O–H groups in total. The molecule has 17 heavy (non-hydrogen) atoms. The SMILES string of the molecule is CCCn1ncc(Br)c1C(O)c1ccc(Br)s1. The molecule has 6 heteroatoms. The molecule has 0 spiro atoms. The molecule has 3 nitrogen and oxygen atoms in total. The van der Waals surface area contributed by atoms with Gasteiger partial charge < -0.3 is 5.11 Å². The van der Waals surface area contributed by atoms with Crippen molar-refractivity contribution in [3.8, 4) is 0 Å². The Morgan fingerprint density at radius 1 is 1.47 bits per heavy atom.